The number of nitrogens with one attached hydrogen (secondary N) is 1. The number of pyridine rings is 1. The SMILES string of the molecule is [C-]#[N+]c1ccc2c(c1)c1cc(C#N)ccc1n2-c1cccc([Si](C)(C)c2cc(C(F)(F)F)[nH]n2)n1. The van der Waals surface area contributed by atoms with E-state index in [0.29, 0.717) is 27.7 Å². The fourth-order valence-electron chi connectivity index (χ4n) is 4.21. The fourth-order valence-corrected chi connectivity index (χ4v) is 6.22. The van der Waals surface area contributed by atoms with Crippen molar-refractivity contribution < 1.29 is 13.2 Å². The monoisotopic (exact) mass is 486 g/mol. The van der Waals surface area contributed by atoms with E-state index in [9.17, 15) is 18.4 Å². The van der Waals surface area contributed by atoms with Crippen molar-refractivity contribution in [2.24, 2.45) is 0 Å². The van der Waals surface area contributed by atoms with E-state index in [4.69, 9.17) is 11.6 Å². The molecular formula is C25H17F3N6Si. The standard InChI is InChI=1S/C25H17F3N6Si/c1-30-16-8-10-20-18(12-16)17-11-15(14-29)7-9-19(17)34(20)22-5-4-6-23(31-22)35(2,3)24-13-21(32-33-24)25(26,27)28/h4-13H,2-3H3,(H,32,33). The zero-order valence-electron chi connectivity index (χ0n) is 18.6. The highest BCUT2D eigenvalue weighted by molar-refractivity contribution is 6.99. The minimum atomic E-state index is -4.50. The summed E-state index contributed by atoms with van der Waals surface area (Å²) in [5.74, 6) is 0.593. The van der Waals surface area contributed by atoms with Crippen LogP contribution in [0, 0.1) is 17.9 Å². The van der Waals surface area contributed by atoms with Gasteiger partial charge >= 0.3 is 6.18 Å². The van der Waals surface area contributed by atoms with Crippen molar-refractivity contribution in [3.63, 3.8) is 0 Å². The van der Waals surface area contributed by atoms with E-state index in [0.717, 1.165) is 27.9 Å². The Hall–Kier alpha value is -4.41. The maximum absolute atomic E-state index is 13.1. The van der Waals surface area contributed by atoms with Crippen molar-refractivity contribution in [3.8, 4) is 11.9 Å². The van der Waals surface area contributed by atoms with Crippen LogP contribution in [-0.2, 0) is 6.18 Å². The molecule has 0 bridgehead atoms. The zero-order valence-corrected chi connectivity index (χ0v) is 19.6. The van der Waals surface area contributed by atoms with Gasteiger partial charge in [-0.05, 0) is 53.9 Å². The molecule has 0 fully saturated rings. The first-order valence-electron chi connectivity index (χ1n) is 10.6. The highest BCUT2D eigenvalue weighted by atomic mass is 28.3. The summed E-state index contributed by atoms with van der Waals surface area (Å²) in [5, 5.41) is 18.1. The number of hydrogen-bond acceptors (Lipinski definition) is 3. The van der Waals surface area contributed by atoms with Gasteiger partial charge in [0.05, 0.1) is 34.6 Å². The first-order valence-corrected chi connectivity index (χ1v) is 13.6. The number of aromatic amines is 1. The number of halogens is 3. The van der Waals surface area contributed by atoms with Gasteiger partial charge < -0.3 is 0 Å². The molecule has 0 saturated carbocycles. The van der Waals surface area contributed by atoms with Gasteiger partial charge in [-0.15, -0.1) is 0 Å². The van der Waals surface area contributed by atoms with Crippen LogP contribution < -0.4 is 10.6 Å². The Morgan fingerprint density at radius 1 is 1.00 bits per heavy atom. The second-order valence-electron chi connectivity index (χ2n) is 8.66. The number of alkyl halides is 3. The molecule has 0 aliphatic rings. The van der Waals surface area contributed by atoms with Crippen LogP contribution in [0.1, 0.15) is 11.3 Å². The van der Waals surface area contributed by atoms with E-state index in [-0.39, 0.29) is 0 Å². The van der Waals surface area contributed by atoms with Crippen LogP contribution in [0.4, 0.5) is 18.9 Å². The highest BCUT2D eigenvalue weighted by Gasteiger charge is 2.37. The van der Waals surface area contributed by atoms with E-state index < -0.39 is 19.9 Å². The molecule has 172 valence electrons. The molecule has 0 unspecified atom stereocenters. The lowest BCUT2D eigenvalue weighted by atomic mass is 10.1. The Morgan fingerprint density at radius 2 is 1.71 bits per heavy atom. The molecule has 3 heterocycles. The average molecular weight is 487 g/mol. The summed E-state index contributed by atoms with van der Waals surface area (Å²) in [7, 11) is -2.67. The van der Waals surface area contributed by atoms with E-state index in [1.165, 1.54) is 0 Å². The summed E-state index contributed by atoms with van der Waals surface area (Å²) in [6.07, 6.45) is -4.50. The molecule has 5 rings (SSSR count). The molecule has 10 heteroatoms. The Morgan fingerprint density at radius 3 is 2.37 bits per heavy atom. The zero-order chi connectivity index (χ0) is 25.0. The number of aromatic nitrogens is 4. The van der Waals surface area contributed by atoms with Crippen molar-refractivity contribution in [1.82, 2.24) is 19.7 Å². The molecule has 0 aliphatic heterocycles. The normalized spacial score (nSPS) is 12.1. The smallest absolute Gasteiger partial charge is 0.294 e. The maximum Gasteiger partial charge on any atom is 0.432 e. The van der Waals surface area contributed by atoms with Gasteiger partial charge in [-0.25, -0.2) is 9.83 Å². The number of benzene rings is 2. The molecule has 0 atom stereocenters. The Labute approximate surface area is 199 Å². The second-order valence-corrected chi connectivity index (χ2v) is 12.9. The van der Waals surface area contributed by atoms with Crippen molar-refractivity contribution in [2.75, 3.05) is 0 Å². The van der Waals surface area contributed by atoms with E-state index in [1.807, 2.05) is 48.0 Å². The second kappa shape index (κ2) is 7.83. The van der Waals surface area contributed by atoms with Gasteiger partial charge in [-0.3, -0.25) is 9.67 Å². The molecule has 0 aliphatic carbocycles. The predicted molar refractivity (Wildman–Crippen MR) is 130 cm³/mol. The van der Waals surface area contributed by atoms with Crippen LogP contribution in [0.25, 0.3) is 32.5 Å². The molecule has 5 aromatic rings. The van der Waals surface area contributed by atoms with Crippen LogP contribution >= 0.6 is 0 Å². The molecule has 0 saturated heterocycles. The lowest BCUT2D eigenvalue weighted by molar-refractivity contribution is -0.141. The Bertz CT molecular complexity index is 1630. The Balaban J connectivity index is 1.71. The largest absolute Gasteiger partial charge is 0.432 e. The van der Waals surface area contributed by atoms with Gasteiger partial charge in [-0.1, -0.05) is 25.2 Å². The lowest BCUT2D eigenvalue weighted by Crippen LogP contribution is -2.55. The minimum absolute atomic E-state index is 0.358. The van der Waals surface area contributed by atoms with Crippen molar-refractivity contribution in [3.05, 3.63) is 83.3 Å². The number of nitriles is 1. The van der Waals surface area contributed by atoms with Gasteiger partial charge in [0.1, 0.15) is 11.5 Å². The summed E-state index contributed by atoms with van der Waals surface area (Å²) in [6, 6.07) is 19.4. The molecule has 0 spiro atoms. The van der Waals surface area contributed by atoms with Crippen molar-refractivity contribution >= 4 is 46.2 Å². The van der Waals surface area contributed by atoms with E-state index in [2.05, 4.69) is 21.1 Å². The quantitative estimate of drug-likeness (QED) is 0.283. The fraction of sp³-hybridized carbons (Fsp3) is 0.120. The molecular weight excluding hydrogens is 469 g/mol. The number of H-pyrrole nitrogens is 1. The molecule has 2 aromatic carbocycles. The Kier molecular flexibility index (Phi) is 5.00. The van der Waals surface area contributed by atoms with Gasteiger partial charge in [0.25, 0.3) is 0 Å². The predicted octanol–water partition coefficient (Wildman–Crippen LogP) is 5.17. The van der Waals surface area contributed by atoms with Crippen LogP contribution in [0.5, 0.6) is 0 Å². The molecule has 35 heavy (non-hydrogen) atoms. The summed E-state index contributed by atoms with van der Waals surface area (Å²) in [6.45, 7) is 11.2. The van der Waals surface area contributed by atoms with Gasteiger partial charge in [0.2, 0.25) is 0 Å². The highest BCUT2D eigenvalue weighted by Crippen LogP contribution is 2.34. The first-order chi connectivity index (χ1) is 16.6. The average Bonchev–Trinajstić information content (AvgIpc) is 3.47. The number of fused-ring (bicyclic) bond motifs is 3. The van der Waals surface area contributed by atoms with Crippen LogP contribution in [-0.4, -0.2) is 27.8 Å². The van der Waals surface area contributed by atoms with Gasteiger partial charge in [-0.2, -0.15) is 23.5 Å². The number of rotatable bonds is 3. The van der Waals surface area contributed by atoms with Crippen molar-refractivity contribution in [1.29, 1.82) is 5.26 Å². The third-order valence-electron chi connectivity index (χ3n) is 6.13. The van der Waals surface area contributed by atoms with Crippen LogP contribution in [0.3, 0.4) is 0 Å². The minimum Gasteiger partial charge on any atom is -0.294 e. The molecule has 0 radical (unpaired) electrons. The summed E-state index contributed by atoms with van der Waals surface area (Å²) < 4.78 is 41.3. The van der Waals surface area contributed by atoms with Crippen LogP contribution in [0.15, 0.2) is 60.7 Å². The third-order valence-corrected chi connectivity index (χ3v) is 9.23. The number of hydrogen-bond donors (Lipinski definition) is 1. The summed E-state index contributed by atoms with van der Waals surface area (Å²) in [5.41, 5.74) is 1.72. The summed E-state index contributed by atoms with van der Waals surface area (Å²) >= 11 is 0. The lowest BCUT2D eigenvalue weighted by Gasteiger charge is -2.20. The summed E-state index contributed by atoms with van der Waals surface area (Å²) in [4.78, 5) is 8.41. The third kappa shape index (κ3) is 3.65. The van der Waals surface area contributed by atoms with E-state index in [1.54, 1.807) is 24.3 Å². The van der Waals surface area contributed by atoms with Gasteiger partial charge in [0.15, 0.2) is 13.8 Å². The van der Waals surface area contributed by atoms with Crippen molar-refractivity contribution in [2.45, 2.75) is 19.3 Å². The molecule has 3 aromatic heterocycles. The molecule has 0 amide bonds. The molecule has 1 N–H and O–H groups in total. The van der Waals surface area contributed by atoms with Gasteiger partial charge in [0, 0.05) is 10.7 Å². The topological polar surface area (TPSA) is 74.7 Å². The number of nitrogens with zero attached hydrogens (tertiary/aromatic N) is 5. The van der Waals surface area contributed by atoms with E-state index >= 15 is 0 Å². The molecule has 6 nitrogen and oxygen atoms in total. The first kappa shape index (κ1) is 22.4. The maximum atomic E-state index is 13.1. The van der Waals surface area contributed by atoms with Crippen LogP contribution in [0.2, 0.25) is 13.1 Å².